The number of carbonyl (C=O) groups is 1. The van der Waals surface area contributed by atoms with Crippen LogP contribution in [-0.4, -0.2) is 47.7 Å². The highest BCUT2D eigenvalue weighted by Gasteiger charge is 2.09. The second-order valence-electron chi connectivity index (χ2n) is 4.93. The van der Waals surface area contributed by atoms with Gasteiger partial charge in [-0.1, -0.05) is 12.1 Å². The molecule has 0 fully saturated rings. The van der Waals surface area contributed by atoms with Gasteiger partial charge >= 0.3 is 6.03 Å². The first kappa shape index (κ1) is 16.9. The third kappa shape index (κ3) is 6.30. The number of nitrogens with zero attached hydrogens (tertiary/aromatic N) is 1. The zero-order valence-electron chi connectivity index (χ0n) is 12.4. The van der Waals surface area contributed by atoms with Crippen molar-refractivity contribution in [1.29, 1.82) is 0 Å². The summed E-state index contributed by atoms with van der Waals surface area (Å²) >= 11 is 1.83. The highest BCUT2D eigenvalue weighted by Crippen LogP contribution is 2.12. The van der Waals surface area contributed by atoms with Crippen LogP contribution in [0.25, 0.3) is 0 Å². The molecule has 0 saturated carbocycles. The van der Waals surface area contributed by atoms with Crippen LogP contribution in [0.5, 0.6) is 0 Å². The average molecular weight is 296 g/mol. The molecule has 0 aromatic heterocycles. The molecular weight excluding hydrogens is 272 g/mol. The molecule has 0 saturated heterocycles. The number of aryl methyl sites for hydroxylation is 1. The van der Waals surface area contributed by atoms with Crippen molar-refractivity contribution in [2.45, 2.75) is 25.9 Å². The smallest absolute Gasteiger partial charge is 0.321 e. The van der Waals surface area contributed by atoms with E-state index in [1.807, 2.05) is 36.0 Å². The fraction of sp³-hybridized carbons (Fsp3) is 0.533. The number of rotatable bonds is 7. The molecule has 0 aliphatic carbocycles. The molecule has 1 unspecified atom stereocenters. The second-order valence-corrected chi connectivity index (χ2v) is 5.91. The monoisotopic (exact) mass is 296 g/mol. The highest BCUT2D eigenvalue weighted by atomic mass is 32.2. The molecule has 0 spiro atoms. The van der Waals surface area contributed by atoms with Gasteiger partial charge in [0.1, 0.15) is 0 Å². The lowest BCUT2D eigenvalue weighted by molar-refractivity contribution is 0.167. The van der Waals surface area contributed by atoms with Crippen LogP contribution in [0.2, 0.25) is 0 Å². The number of hydrogen-bond donors (Lipinski definition) is 2. The normalized spacial score (nSPS) is 12.0. The Balaban J connectivity index is 2.45. The predicted molar refractivity (Wildman–Crippen MR) is 86.5 cm³/mol. The van der Waals surface area contributed by atoms with Gasteiger partial charge in [-0.3, -0.25) is 0 Å². The van der Waals surface area contributed by atoms with Crippen LogP contribution < -0.4 is 5.32 Å². The molecule has 112 valence electrons. The molecule has 0 bridgehead atoms. The van der Waals surface area contributed by atoms with Crippen LogP contribution in [0.1, 0.15) is 18.9 Å². The summed E-state index contributed by atoms with van der Waals surface area (Å²) in [4.78, 5) is 13.5. The van der Waals surface area contributed by atoms with Gasteiger partial charge in [0.2, 0.25) is 0 Å². The van der Waals surface area contributed by atoms with E-state index in [2.05, 4.69) is 11.6 Å². The van der Waals surface area contributed by atoms with Gasteiger partial charge < -0.3 is 15.3 Å². The minimum Gasteiger partial charge on any atom is -0.393 e. The fourth-order valence-corrected chi connectivity index (χ4v) is 2.12. The lowest BCUT2D eigenvalue weighted by Gasteiger charge is -2.18. The quantitative estimate of drug-likeness (QED) is 0.813. The summed E-state index contributed by atoms with van der Waals surface area (Å²) in [5, 5.41) is 12.1. The number of hydrogen-bond acceptors (Lipinski definition) is 3. The van der Waals surface area contributed by atoms with Crippen molar-refractivity contribution < 1.29 is 9.90 Å². The number of urea groups is 1. The molecule has 20 heavy (non-hydrogen) atoms. The molecule has 1 aromatic carbocycles. The third-order valence-corrected chi connectivity index (χ3v) is 3.64. The highest BCUT2D eigenvalue weighted by molar-refractivity contribution is 7.98. The summed E-state index contributed by atoms with van der Waals surface area (Å²) in [7, 11) is 1.73. The molecular formula is C15H24N2O2S. The summed E-state index contributed by atoms with van der Waals surface area (Å²) in [5.74, 6) is 1.10. The minimum atomic E-state index is -0.388. The number of amides is 2. The summed E-state index contributed by atoms with van der Waals surface area (Å²) in [5.41, 5.74) is 2.08. The lowest BCUT2D eigenvalue weighted by atomic mass is 10.1. The van der Waals surface area contributed by atoms with Crippen molar-refractivity contribution in [3.8, 4) is 0 Å². The van der Waals surface area contributed by atoms with Gasteiger partial charge in [-0.2, -0.15) is 11.8 Å². The predicted octanol–water partition coefficient (Wildman–Crippen LogP) is 2.83. The van der Waals surface area contributed by atoms with Crippen LogP contribution in [0.15, 0.2) is 24.3 Å². The summed E-state index contributed by atoms with van der Waals surface area (Å²) in [6, 6.07) is 7.79. The maximum Gasteiger partial charge on any atom is 0.321 e. The first-order valence-electron chi connectivity index (χ1n) is 6.81. The zero-order valence-corrected chi connectivity index (χ0v) is 13.2. The Morgan fingerprint density at radius 3 is 2.60 bits per heavy atom. The Labute approximate surface area is 125 Å². The number of anilines is 1. The van der Waals surface area contributed by atoms with Gasteiger partial charge in [0.15, 0.2) is 0 Å². The Bertz CT molecular complexity index is 407. The maximum absolute atomic E-state index is 11.9. The largest absolute Gasteiger partial charge is 0.393 e. The maximum atomic E-state index is 11.9. The average Bonchev–Trinajstić information content (AvgIpc) is 2.43. The van der Waals surface area contributed by atoms with E-state index in [1.54, 1.807) is 18.9 Å². The van der Waals surface area contributed by atoms with Gasteiger partial charge in [-0.15, -0.1) is 0 Å². The van der Waals surface area contributed by atoms with E-state index < -0.39 is 0 Å². The van der Waals surface area contributed by atoms with Crippen molar-refractivity contribution in [2.24, 2.45) is 0 Å². The van der Waals surface area contributed by atoms with E-state index in [4.69, 9.17) is 0 Å². The number of aliphatic hydroxyl groups excluding tert-OH is 1. The Hall–Kier alpha value is -1.20. The molecule has 4 nitrogen and oxygen atoms in total. The molecule has 1 aromatic rings. The third-order valence-electron chi connectivity index (χ3n) is 3.03. The number of nitrogens with one attached hydrogen (secondary N) is 1. The van der Waals surface area contributed by atoms with E-state index in [0.717, 1.165) is 17.9 Å². The van der Waals surface area contributed by atoms with Gasteiger partial charge in [0, 0.05) is 19.3 Å². The molecule has 2 amide bonds. The first-order chi connectivity index (χ1) is 9.52. The van der Waals surface area contributed by atoms with Crippen molar-refractivity contribution in [3.63, 3.8) is 0 Å². The van der Waals surface area contributed by atoms with Crippen LogP contribution in [0.3, 0.4) is 0 Å². The summed E-state index contributed by atoms with van der Waals surface area (Å²) in [6.07, 6.45) is 3.33. The van der Waals surface area contributed by atoms with Crippen LogP contribution >= 0.6 is 11.8 Å². The van der Waals surface area contributed by atoms with Crippen LogP contribution in [0, 0.1) is 0 Å². The van der Waals surface area contributed by atoms with E-state index in [1.165, 1.54) is 5.56 Å². The number of benzene rings is 1. The van der Waals surface area contributed by atoms with Gasteiger partial charge in [-0.25, -0.2) is 4.79 Å². The molecule has 0 aliphatic heterocycles. The number of carbonyl (C=O) groups excluding carboxylic acids is 1. The van der Waals surface area contributed by atoms with Crippen LogP contribution in [0.4, 0.5) is 10.5 Å². The van der Waals surface area contributed by atoms with E-state index >= 15 is 0 Å². The second kappa shape index (κ2) is 8.87. The molecule has 0 aliphatic rings. The van der Waals surface area contributed by atoms with Crippen LogP contribution in [-0.2, 0) is 6.42 Å². The van der Waals surface area contributed by atoms with E-state index in [9.17, 15) is 9.90 Å². The minimum absolute atomic E-state index is 0.150. The van der Waals surface area contributed by atoms with E-state index in [0.29, 0.717) is 13.0 Å². The van der Waals surface area contributed by atoms with Crippen molar-refractivity contribution in [2.75, 3.05) is 30.9 Å². The van der Waals surface area contributed by atoms with Crippen molar-refractivity contribution >= 4 is 23.5 Å². The standard InChI is InChI=1S/C15H24N2O2S/c1-12(18)8-10-17(2)15(19)16-14-6-4-13(5-7-14)9-11-20-3/h4-7,12,18H,8-11H2,1-3H3,(H,16,19). The molecule has 2 N–H and O–H groups in total. The van der Waals surface area contributed by atoms with Gasteiger partial charge in [0.05, 0.1) is 6.10 Å². The Morgan fingerprint density at radius 1 is 1.40 bits per heavy atom. The summed E-state index contributed by atoms with van der Waals surface area (Å²) < 4.78 is 0. The lowest BCUT2D eigenvalue weighted by Crippen LogP contribution is -2.33. The van der Waals surface area contributed by atoms with Crippen molar-refractivity contribution in [1.82, 2.24) is 4.90 Å². The zero-order chi connectivity index (χ0) is 15.0. The van der Waals surface area contributed by atoms with Gasteiger partial charge in [-0.05, 0) is 49.5 Å². The van der Waals surface area contributed by atoms with Crippen molar-refractivity contribution in [3.05, 3.63) is 29.8 Å². The van der Waals surface area contributed by atoms with Gasteiger partial charge in [0.25, 0.3) is 0 Å². The van der Waals surface area contributed by atoms with E-state index in [-0.39, 0.29) is 12.1 Å². The molecule has 1 rings (SSSR count). The Morgan fingerprint density at radius 2 is 2.05 bits per heavy atom. The fourth-order valence-electron chi connectivity index (χ4n) is 1.68. The molecule has 1 atom stereocenters. The molecule has 5 heteroatoms. The SMILES string of the molecule is CSCCc1ccc(NC(=O)N(C)CCC(C)O)cc1. The number of aliphatic hydroxyl groups is 1. The Kier molecular flexibility index (Phi) is 7.47. The topological polar surface area (TPSA) is 52.6 Å². The first-order valence-corrected chi connectivity index (χ1v) is 8.20. The molecule has 0 radical (unpaired) electrons. The number of thioether (sulfide) groups is 1. The summed E-state index contributed by atoms with van der Waals surface area (Å²) in [6.45, 7) is 2.26. The molecule has 0 heterocycles.